The summed E-state index contributed by atoms with van der Waals surface area (Å²) in [6.45, 7) is 7.17. The third-order valence-corrected chi connectivity index (χ3v) is 9.19. The highest BCUT2D eigenvalue weighted by atomic mass is 31.2. The molecule has 11 heteroatoms. The van der Waals surface area contributed by atoms with Gasteiger partial charge in [0.2, 0.25) is 5.52 Å². The molecular weight excluding hydrogens is 406 g/mol. The fraction of sp³-hybridized carbons (Fsp3) is 0.706. The van der Waals surface area contributed by atoms with Gasteiger partial charge in [-0.25, -0.2) is 4.98 Å². The van der Waals surface area contributed by atoms with Gasteiger partial charge in [0.05, 0.1) is 26.4 Å². The van der Waals surface area contributed by atoms with Gasteiger partial charge in [0.1, 0.15) is 5.82 Å². The largest absolute Gasteiger partial charge is 0.396 e. The van der Waals surface area contributed by atoms with Crippen LogP contribution in [0.25, 0.3) is 0 Å². The van der Waals surface area contributed by atoms with Gasteiger partial charge in [-0.1, -0.05) is 6.07 Å². The lowest BCUT2D eigenvalue weighted by atomic mass is 10.2. The second-order valence-electron chi connectivity index (χ2n) is 5.65. The molecule has 1 aromatic heterocycles. The summed E-state index contributed by atoms with van der Waals surface area (Å²) in [6.07, 6.45) is 2.94. The van der Waals surface area contributed by atoms with Crippen LogP contribution in [-0.2, 0) is 33.6 Å². The lowest BCUT2D eigenvalue weighted by molar-refractivity contribution is 0.198. The zero-order valence-electron chi connectivity index (χ0n) is 17.0. The zero-order chi connectivity index (χ0) is 21.0. The molecule has 0 saturated heterocycles. The van der Waals surface area contributed by atoms with Gasteiger partial charge in [-0.3, -0.25) is 9.13 Å². The summed E-state index contributed by atoms with van der Waals surface area (Å²) in [5.41, 5.74) is -0.428. The second kappa shape index (κ2) is 12.7. The van der Waals surface area contributed by atoms with Crippen molar-refractivity contribution in [3.05, 3.63) is 23.9 Å². The van der Waals surface area contributed by atoms with E-state index < -0.39 is 20.7 Å². The molecule has 2 N–H and O–H groups in total. The summed E-state index contributed by atoms with van der Waals surface area (Å²) in [4.78, 5) is 4.28. The van der Waals surface area contributed by atoms with Gasteiger partial charge in [0, 0.05) is 12.8 Å². The van der Waals surface area contributed by atoms with Crippen LogP contribution in [0.5, 0.6) is 0 Å². The summed E-state index contributed by atoms with van der Waals surface area (Å²) in [6, 6.07) is 3.49. The van der Waals surface area contributed by atoms with Crippen molar-refractivity contribution in [2.45, 2.75) is 46.1 Å². The minimum Gasteiger partial charge on any atom is -0.396 e. The van der Waals surface area contributed by atoms with Gasteiger partial charge in [-0.2, -0.15) is 0 Å². The average molecular weight is 438 g/mol. The van der Waals surface area contributed by atoms with Crippen LogP contribution in [0, 0.1) is 0 Å². The number of aryl methyl sites for hydroxylation is 1. The normalized spacial score (nSPS) is 12.5. The number of aliphatic hydroxyl groups excluding tert-OH is 1. The number of hydrogen-bond acceptors (Lipinski definition) is 9. The molecule has 0 atom stereocenters. The van der Waals surface area contributed by atoms with Crippen molar-refractivity contribution < 1.29 is 32.3 Å². The van der Waals surface area contributed by atoms with Crippen LogP contribution in [0.15, 0.2) is 18.3 Å². The standard InChI is InChI=1S/C17H32N2O7P2/c1-5-23-27(21,24-6-2)17(28(22,25-7-3)26-8-4)19-16-12-11-15(14-18-16)10-9-13-20/h11-12,14,17,20H,5-10,13H2,1-4H3,(H,18,19). The molecule has 0 aromatic carbocycles. The molecule has 28 heavy (non-hydrogen) atoms. The van der Waals surface area contributed by atoms with E-state index in [1.54, 1.807) is 40.0 Å². The Hall–Kier alpha value is -0.790. The van der Waals surface area contributed by atoms with Gasteiger partial charge in [0.25, 0.3) is 0 Å². The maximum absolute atomic E-state index is 13.4. The number of nitrogens with one attached hydrogen (secondary N) is 1. The average Bonchev–Trinajstić information content (AvgIpc) is 2.66. The van der Waals surface area contributed by atoms with Gasteiger partial charge >= 0.3 is 15.2 Å². The first-order valence-electron chi connectivity index (χ1n) is 9.48. The SMILES string of the molecule is CCOP(=O)(OCC)C(Nc1ccc(CCCO)cn1)P(=O)(OCC)OCC. The number of hydrogen-bond donors (Lipinski definition) is 2. The summed E-state index contributed by atoms with van der Waals surface area (Å²) >= 11 is 0. The molecule has 0 aliphatic heterocycles. The van der Waals surface area contributed by atoms with Crippen molar-refractivity contribution in [3.8, 4) is 0 Å². The first-order valence-corrected chi connectivity index (χ1v) is 12.7. The first-order chi connectivity index (χ1) is 13.4. The fourth-order valence-electron chi connectivity index (χ4n) is 2.48. The number of rotatable bonds is 15. The van der Waals surface area contributed by atoms with Crippen LogP contribution in [0.3, 0.4) is 0 Å². The topological polar surface area (TPSA) is 116 Å². The Balaban J connectivity index is 3.25. The molecule has 0 aliphatic rings. The molecule has 1 aromatic rings. The van der Waals surface area contributed by atoms with Crippen molar-refractivity contribution in [1.29, 1.82) is 0 Å². The molecule has 1 rings (SSSR count). The molecule has 1 heterocycles. The van der Waals surface area contributed by atoms with Gasteiger partial charge in [-0.15, -0.1) is 0 Å². The molecule has 0 aliphatic carbocycles. The molecule has 0 radical (unpaired) electrons. The molecular formula is C17H32N2O7P2. The molecule has 0 spiro atoms. The maximum atomic E-state index is 13.4. The van der Waals surface area contributed by atoms with Crippen LogP contribution in [-0.4, -0.2) is 48.6 Å². The third-order valence-electron chi connectivity index (χ3n) is 3.56. The molecule has 0 unspecified atom stereocenters. The Morgan fingerprint density at radius 3 is 1.82 bits per heavy atom. The van der Waals surface area contributed by atoms with Gasteiger partial charge < -0.3 is 28.5 Å². The number of anilines is 1. The Labute approximate surface area is 167 Å². The van der Waals surface area contributed by atoms with Crippen molar-refractivity contribution >= 4 is 21.0 Å². The predicted molar refractivity (Wildman–Crippen MR) is 109 cm³/mol. The highest BCUT2D eigenvalue weighted by Gasteiger charge is 2.51. The lowest BCUT2D eigenvalue weighted by Crippen LogP contribution is -2.26. The summed E-state index contributed by atoms with van der Waals surface area (Å²) in [7, 11) is -7.81. The molecule has 9 nitrogen and oxygen atoms in total. The quantitative estimate of drug-likeness (QED) is 0.388. The van der Waals surface area contributed by atoms with E-state index in [1.807, 2.05) is 6.07 Å². The minimum atomic E-state index is -3.90. The summed E-state index contributed by atoms with van der Waals surface area (Å²) in [5.74, 6) is 0.331. The Morgan fingerprint density at radius 1 is 0.964 bits per heavy atom. The second-order valence-corrected chi connectivity index (χ2v) is 10.3. The van der Waals surface area contributed by atoms with E-state index in [1.165, 1.54) is 0 Å². The van der Waals surface area contributed by atoms with E-state index in [9.17, 15) is 9.13 Å². The number of pyridine rings is 1. The van der Waals surface area contributed by atoms with Crippen molar-refractivity contribution in [2.24, 2.45) is 0 Å². The minimum absolute atomic E-state index is 0.0971. The third kappa shape index (κ3) is 7.23. The highest BCUT2D eigenvalue weighted by molar-refractivity contribution is 7.72. The van der Waals surface area contributed by atoms with E-state index in [4.69, 9.17) is 23.2 Å². The molecule has 162 valence electrons. The van der Waals surface area contributed by atoms with Gasteiger partial charge in [0.15, 0.2) is 0 Å². The molecule has 0 amide bonds. The van der Waals surface area contributed by atoms with Crippen LogP contribution in [0.4, 0.5) is 5.82 Å². The van der Waals surface area contributed by atoms with Gasteiger partial charge in [-0.05, 0) is 52.2 Å². The Bertz CT molecular complexity index is 607. The summed E-state index contributed by atoms with van der Waals surface area (Å²) < 4.78 is 48.5. The van der Waals surface area contributed by atoms with E-state index in [2.05, 4.69) is 10.3 Å². The monoisotopic (exact) mass is 438 g/mol. The van der Waals surface area contributed by atoms with Crippen molar-refractivity contribution in [2.75, 3.05) is 38.4 Å². The molecule has 0 saturated carbocycles. The van der Waals surface area contributed by atoms with Crippen molar-refractivity contribution in [3.63, 3.8) is 0 Å². The lowest BCUT2D eigenvalue weighted by Gasteiger charge is -2.32. The predicted octanol–water partition coefficient (Wildman–Crippen LogP) is 4.23. The first kappa shape index (κ1) is 25.2. The van der Waals surface area contributed by atoms with E-state index in [-0.39, 0.29) is 33.0 Å². The van der Waals surface area contributed by atoms with Crippen molar-refractivity contribution in [1.82, 2.24) is 4.98 Å². The smallest absolute Gasteiger partial charge is 0.365 e. The Kier molecular flexibility index (Phi) is 11.5. The van der Waals surface area contributed by atoms with Crippen LogP contribution in [0.2, 0.25) is 0 Å². The van der Waals surface area contributed by atoms with E-state index in [0.717, 1.165) is 5.56 Å². The van der Waals surface area contributed by atoms with Crippen LogP contribution < -0.4 is 5.32 Å². The highest BCUT2D eigenvalue weighted by Crippen LogP contribution is 2.70. The van der Waals surface area contributed by atoms with Crippen LogP contribution >= 0.6 is 15.2 Å². The number of aliphatic hydroxyl groups is 1. The van der Waals surface area contributed by atoms with Crippen LogP contribution in [0.1, 0.15) is 39.7 Å². The zero-order valence-corrected chi connectivity index (χ0v) is 18.8. The van der Waals surface area contributed by atoms with E-state index in [0.29, 0.717) is 18.7 Å². The number of nitrogens with zero attached hydrogens (tertiary/aromatic N) is 1. The molecule has 0 bridgehead atoms. The van der Waals surface area contributed by atoms with E-state index >= 15 is 0 Å². The maximum Gasteiger partial charge on any atom is 0.365 e. The number of aromatic nitrogens is 1. The molecule has 0 fully saturated rings. The summed E-state index contributed by atoms with van der Waals surface area (Å²) in [5, 5.41) is 11.8. The Morgan fingerprint density at radius 2 is 1.46 bits per heavy atom. The fourth-order valence-corrected chi connectivity index (χ4v) is 7.40.